The quantitative estimate of drug-likeness (QED) is 0.534. The predicted molar refractivity (Wildman–Crippen MR) is 127 cm³/mol. The fraction of sp³-hybridized carbons (Fsp3) is 0.625. The summed E-state index contributed by atoms with van der Waals surface area (Å²) in [5.41, 5.74) is 4.00. The summed E-state index contributed by atoms with van der Waals surface area (Å²) < 4.78 is 0. The van der Waals surface area contributed by atoms with E-state index in [2.05, 4.69) is 46.2 Å². The second kappa shape index (κ2) is 9.43. The second-order valence-electron chi connectivity index (χ2n) is 9.22. The largest absolute Gasteiger partial charge is 0.354 e. The Bertz CT molecular complexity index is 897. The molecule has 0 spiro atoms. The number of anilines is 1. The molecule has 0 radical (unpaired) electrons. The highest BCUT2D eigenvalue weighted by molar-refractivity contribution is 7.98. The van der Waals surface area contributed by atoms with E-state index in [1.165, 1.54) is 55.6 Å². The van der Waals surface area contributed by atoms with Crippen LogP contribution in [0.1, 0.15) is 54.6 Å². The summed E-state index contributed by atoms with van der Waals surface area (Å²) in [5.74, 6) is 1.59. The number of aryl methyl sites for hydroxylation is 1. The van der Waals surface area contributed by atoms with Crippen molar-refractivity contribution in [1.82, 2.24) is 24.8 Å². The number of aromatic nitrogens is 3. The van der Waals surface area contributed by atoms with Crippen molar-refractivity contribution < 1.29 is 0 Å². The van der Waals surface area contributed by atoms with Gasteiger partial charge in [0, 0.05) is 50.9 Å². The lowest BCUT2D eigenvalue weighted by Gasteiger charge is -2.40. The first-order valence-corrected chi connectivity index (χ1v) is 13.0. The number of piperazine rings is 1. The van der Waals surface area contributed by atoms with Crippen LogP contribution in [0.5, 0.6) is 0 Å². The minimum absolute atomic E-state index is 0.465. The Hall–Kier alpha value is -1.70. The summed E-state index contributed by atoms with van der Waals surface area (Å²) in [6.45, 7) is 6.53. The van der Waals surface area contributed by atoms with Gasteiger partial charge in [-0.2, -0.15) is 0 Å². The monoisotopic (exact) mass is 438 g/mol. The lowest BCUT2D eigenvalue weighted by atomic mass is 9.87. The summed E-state index contributed by atoms with van der Waals surface area (Å²) in [7, 11) is 2.20. The molecule has 4 heterocycles. The van der Waals surface area contributed by atoms with Crippen molar-refractivity contribution >= 4 is 17.6 Å². The van der Waals surface area contributed by atoms with Gasteiger partial charge in [0.15, 0.2) is 5.16 Å². The highest BCUT2D eigenvalue weighted by Gasteiger charge is 2.32. The van der Waals surface area contributed by atoms with Crippen molar-refractivity contribution in [2.24, 2.45) is 0 Å². The fourth-order valence-corrected chi connectivity index (χ4v) is 5.78. The van der Waals surface area contributed by atoms with Gasteiger partial charge < -0.3 is 9.80 Å². The van der Waals surface area contributed by atoms with Crippen LogP contribution in [-0.4, -0.2) is 77.3 Å². The van der Waals surface area contributed by atoms with E-state index in [9.17, 15) is 0 Å². The SMILES string of the molecule is CSc1nc([C@@H]2CCCN([C@H]3CCCc4cccnc43)C2)cc(N2CCN(C)CC2)n1. The molecule has 0 unspecified atom stereocenters. The van der Waals surface area contributed by atoms with Crippen LogP contribution >= 0.6 is 11.8 Å². The number of piperidine rings is 1. The number of thioether (sulfide) groups is 1. The van der Waals surface area contributed by atoms with E-state index in [1.54, 1.807) is 11.8 Å². The van der Waals surface area contributed by atoms with Crippen LogP contribution in [0.2, 0.25) is 0 Å². The van der Waals surface area contributed by atoms with Gasteiger partial charge in [0.2, 0.25) is 0 Å². The third-order valence-corrected chi connectivity index (χ3v) is 7.75. The molecule has 2 aliphatic heterocycles. The number of pyridine rings is 1. The van der Waals surface area contributed by atoms with Crippen LogP contribution < -0.4 is 4.90 Å². The minimum Gasteiger partial charge on any atom is -0.354 e. The third kappa shape index (κ3) is 4.59. The zero-order chi connectivity index (χ0) is 21.2. The first-order chi connectivity index (χ1) is 15.2. The molecule has 5 rings (SSSR count). The number of fused-ring (bicyclic) bond motifs is 1. The predicted octanol–water partition coefficient (Wildman–Crippen LogP) is 3.60. The average Bonchev–Trinajstić information content (AvgIpc) is 2.84. The Morgan fingerprint density at radius 1 is 1.03 bits per heavy atom. The second-order valence-corrected chi connectivity index (χ2v) is 9.99. The Morgan fingerprint density at radius 3 is 2.74 bits per heavy atom. The molecule has 2 aromatic heterocycles. The summed E-state index contributed by atoms with van der Waals surface area (Å²) in [6, 6.07) is 7.11. The van der Waals surface area contributed by atoms with Gasteiger partial charge in [-0.3, -0.25) is 9.88 Å². The van der Waals surface area contributed by atoms with Crippen LogP contribution in [0, 0.1) is 0 Å². The number of hydrogen-bond acceptors (Lipinski definition) is 7. The summed E-state index contributed by atoms with van der Waals surface area (Å²) in [5, 5.41) is 0.910. The van der Waals surface area contributed by atoms with Gasteiger partial charge in [-0.1, -0.05) is 17.8 Å². The van der Waals surface area contributed by atoms with Crippen molar-refractivity contribution in [1.29, 1.82) is 0 Å². The maximum atomic E-state index is 4.98. The zero-order valence-corrected chi connectivity index (χ0v) is 19.7. The summed E-state index contributed by atoms with van der Waals surface area (Å²) >= 11 is 1.66. The normalized spacial score (nSPS) is 25.4. The number of likely N-dealkylation sites (N-methyl/N-ethyl adjacent to an activating group) is 1. The minimum atomic E-state index is 0.465. The Balaban J connectivity index is 1.37. The molecular weight excluding hydrogens is 404 g/mol. The molecule has 166 valence electrons. The smallest absolute Gasteiger partial charge is 0.189 e. The molecule has 0 saturated carbocycles. The highest BCUT2D eigenvalue weighted by Crippen LogP contribution is 2.38. The molecule has 31 heavy (non-hydrogen) atoms. The molecule has 2 fully saturated rings. The van der Waals surface area contributed by atoms with Crippen molar-refractivity contribution in [3.63, 3.8) is 0 Å². The Morgan fingerprint density at radius 2 is 1.90 bits per heavy atom. The van der Waals surface area contributed by atoms with E-state index in [1.807, 2.05) is 6.20 Å². The molecular formula is C24H34N6S. The van der Waals surface area contributed by atoms with Gasteiger partial charge >= 0.3 is 0 Å². The summed E-state index contributed by atoms with van der Waals surface area (Å²) in [6.07, 6.45) is 10.2. The molecule has 2 aromatic rings. The Labute approximate surface area is 190 Å². The van der Waals surface area contributed by atoms with Crippen LogP contribution in [-0.2, 0) is 6.42 Å². The number of rotatable bonds is 4. The molecule has 0 N–H and O–H groups in total. The van der Waals surface area contributed by atoms with Crippen molar-refractivity contribution in [2.45, 2.75) is 49.2 Å². The standard InChI is InChI=1S/C24H34N6S/c1-28-12-14-29(15-13-28)22-16-20(26-24(27-22)31-2)19-8-5-11-30(17-19)21-9-3-6-18-7-4-10-25-23(18)21/h4,7,10,16,19,21H,3,5-6,8-9,11-15,17H2,1-2H3/t19-,21+/m1/s1. The molecule has 0 bridgehead atoms. The molecule has 2 saturated heterocycles. The average molecular weight is 439 g/mol. The number of nitrogens with zero attached hydrogens (tertiary/aromatic N) is 6. The van der Waals surface area contributed by atoms with Gasteiger partial charge in [0.05, 0.1) is 17.4 Å². The number of hydrogen-bond donors (Lipinski definition) is 0. The Kier molecular flexibility index (Phi) is 6.44. The van der Waals surface area contributed by atoms with Crippen LogP contribution in [0.4, 0.5) is 5.82 Å². The van der Waals surface area contributed by atoms with Crippen molar-refractivity contribution in [3.8, 4) is 0 Å². The van der Waals surface area contributed by atoms with E-state index in [0.717, 1.165) is 43.7 Å². The van der Waals surface area contributed by atoms with Gasteiger partial charge in [-0.15, -0.1) is 0 Å². The maximum absolute atomic E-state index is 4.98. The fourth-order valence-electron chi connectivity index (χ4n) is 5.40. The first kappa shape index (κ1) is 21.2. The third-order valence-electron chi connectivity index (χ3n) is 7.20. The van der Waals surface area contributed by atoms with Crippen LogP contribution in [0.3, 0.4) is 0 Å². The van der Waals surface area contributed by atoms with Crippen molar-refractivity contribution in [3.05, 3.63) is 41.3 Å². The van der Waals surface area contributed by atoms with E-state index in [0.29, 0.717) is 12.0 Å². The molecule has 6 nitrogen and oxygen atoms in total. The van der Waals surface area contributed by atoms with E-state index in [4.69, 9.17) is 15.0 Å². The lowest BCUT2D eigenvalue weighted by Crippen LogP contribution is -2.45. The van der Waals surface area contributed by atoms with Gasteiger partial charge in [-0.25, -0.2) is 9.97 Å². The molecule has 0 amide bonds. The zero-order valence-electron chi connectivity index (χ0n) is 18.8. The van der Waals surface area contributed by atoms with E-state index in [-0.39, 0.29) is 0 Å². The molecule has 7 heteroatoms. The molecule has 1 aliphatic carbocycles. The van der Waals surface area contributed by atoms with Gasteiger partial charge in [0.1, 0.15) is 5.82 Å². The highest BCUT2D eigenvalue weighted by atomic mass is 32.2. The maximum Gasteiger partial charge on any atom is 0.189 e. The molecule has 0 aromatic carbocycles. The molecule has 3 aliphatic rings. The van der Waals surface area contributed by atoms with Crippen LogP contribution in [0.25, 0.3) is 0 Å². The first-order valence-electron chi connectivity index (χ1n) is 11.8. The lowest BCUT2D eigenvalue weighted by molar-refractivity contribution is 0.130. The van der Waals surface area contributed by atoms with Gasteiger partial charge in [-0.05, 0) is 63.6 Å². The van der Waals surface area contributed by atoms with Crippen molar-refractivity contribution in [2.75, 3.05) is 57.5 Å². The molecule has 2 atom stereocenters. The van der Waals surface area contributed by atoms with Gasteiger partial charge in [0.25, 0.3) is 0 Å². The number of likely N-dealkylation sites (tertiary alicyclic amines) is 1. The van der Waals surface area contributed by atoms with Crippen LogP contribution in [0.15, 0.2) is 29.6 Å². The topological polar surface area (TPSA) is 48.4 Å². The van der Waals surface area contributed by atoms with E-state index < -0.39 is 0 Å². The van der Waals surface area contributed by atoms with E-state index >= 15 is 0 Å². The summed E-state index contributed by atoms with van der Waals surface area (Å²) in [4.78, 5) is 22.2.